The summed E-state index contributed by atoms with van der Waals surface area (Å²) in [5.74, 6) is 1.76. The molecule has 1 heterocycles. The number of methoxy groups -OCH3 is 1. The molecule has 1 atom stereocenters. The van der Waals surface area contributed by atoms with Crippen LogP contribution < -0.4 is 15.4 Å². The van der Waals surface area contributed by atoms with E-state index in [2.05, 4.69) is 39.6 Å². The lowest BCUT2D eigenvalue weighted by Crippen LogP contribution is -2.42. The average Bonchev–Trinajstić information content (AvgIpc) is 3.09. The van der Waals surface area contributed by atoms with Crippen molar-refractivity contribution in [3.05, 3.63) is 29.8 Å². The molecular formula is C17H28N4O. The molecule has 1 aromatic rings. The second kappa shape index (κ2) is 8.63. The predicted molar refractivity (Wildman–Crippen MR) is 91.6 cm³/mol. The number of hydrogen-bond acceptors (Lipinski definition) is 3. The molecular weight excluding hydrogens is 276 g/mol. The van der Waals surface area contributed by atoms with Crippen molar-refractivity contribution < 1.29 is 4.74 Å². The van der Waals surface area contributed by atoms with Crippen LogP contribution >= 0.6 is 0 Å². The number of aliphatic imine (C=N–C) groups is 1. The van der Waals surface area contributed by atoms with Crippen molar-refractivity contribution in [2.24, 2.45) is 4.99 Å². The molecule has 1 unspecified atom stereocenters. The Morgan fingerprint density at radius 2 is 1.91 bits per heavy atom. The number of benzene rings is 1. The van der Waals surface area contributed by atoms with Gasteiger partial charge in [0.1, 0.15) is 5.75 Å². The fourth-order valence-corrected chi connectivity index (χ4v) is 2.92. The largest absolute Gasteiger partial charge is 0.497 e. The number of nitrogens with one attached hydrogen (secondary N) is 2. The van der Waals surface area contributed by atoms with E-state index < -0.39 is 0 Å². The molecule has 0 amide bonds. The minimum atomic E-state index is 0.365. The zero-order valence-electron chi connectivity index (χ0n) is 13.9. The first-order chi connectivity index (χ1) is 10.8. The minimum Gasteiger partial charge on any atom is -0.497 e. The van der Waals surface area contributed by atoms with Gasteiger partial charge in [0.2, 0.25) is 0 Å². The topological polar surface area (TPSA) is 48.9 Å². The van der Waals surface area contributed by atoms with Gasteiger partial charge in [-0.15, -0.1) is 0 Å². The smallest absolute Gasteiger partial charge is 0.191 e. The third-order valence-corrected chi connectivity index (χ3v) is 4.11. The summed E-state index contributed by atoms with van der Waals surface area (Å²) in [6, 6.07) is 8.78. The fraction of sp³-hybridized carbons (Fsp3) is 0.588. The molecule has 0 spiro atoms. The Morgan fingerprint density at radius 1 is 1.23 bits per heavy atom. The monoisotopic (exact) mass is 304 g/mol. The lowest BCUT2D eigenvalue weighted by Gasteiger charge is -2.29. The van der Waals surface area contributed by atoms with E-state index in [0.29, 0.717) is 6.04 Å². The summed E-state index contributed by atoms with van der Waals surface area (Å²) in [5, 5.41) is 6.69. The molecule has 0 aromatic heterocycles. The average molecular weight is 304 g/mol. The standard InChI is InChI=1S/C17H28N4O/c1-4-19-17(18-2)20-13-16(21-11-5-6-12-21)14-7-9-15(22-3)10-8-14/h7-10,16H,4-6,11-13H2,1-3H3,(H2,18,19,20). The summed E-state index contributed by atoms with van der Waals surface area (Å²) in [6.45, 7) is 6.13. The first-order valence-electron chi connectivity index (χ1n) is 8.11. The van der Waals surface area contributed by atoms with Crippen LogP contribution in [0.5, 0.6) is 5.75 Å². The van der Waals surface area contributed by atoms with Crippen molar-refractivity contribution in [1.82, 2.24) is 15.5 Å². The van der Waals surface area contributed by atoms with Crippen molar-refractivity contribution in [2.75, 3.05) is 40.3 Å². The maximum Gasteiger partial charge on any atom is 0.191 e. The maximum absolute atomic E-state index is 5.26. The Balaban J connectivity index is 2.08. The molecule has 122 valence electrons. The molecule has 0 radical (unpaired) electrons. The Bertz CT molecular complexity index is 466. The van der Waals surface area contributed by atoms with E-state index in [-0.39, 0.29) is 0 Å². The zero-order valence-corrected chi connectivity index (χ0v) is 13.9. The number of ether oxygens (including phenoxy) is 1. The van der Waals surface area contributed by atoms with E-state index >= 15 is 0 Å². The molecule has 1 aliphatic heterocycles. The van der Waals surface area contributed by atoms with E-state index in [4.69, 9.17) is 4.74 Å². The quantitative estimate of drug-likeness (QED) is 0.623. The van der Waals surface area contributed by atoms with Gasteiger partial charge in [0.25, 0.3) is 0 Å². The summed E-state index contributed by atoms with van der Waals surface area (Å²) in [7, 11) is 3.51. The molecule has 0 saturated carbocycles. The molecule has 1 fully saturated rings. The van der Waals surface area contributed by atoms with Crippen LogP contribution in [0.2, 0.25) is 0 Å². The van der Waals surface area contributed by atoms with Gasteiger partial charge in [-0.1, -0.05) is 12.1 Å². The van der Waals surface area contributed by atoms with Crippen LogP contribution in [0.3, 0.4) is 0 Å². The molecule has 2 rings (SSSR count). The highest BCUT2D eigenvalue weighted by atomic mass is 16.5. The van der Waals surface area contributed by atoms with Gasteiger partial charge >= 0.3 is 0 Å². The number of nitrogens with zero attached hydrogens (tertiary/aromatic N) is 2. The Labute approximate surface area is 133 Å². The van der Waals surface area contributed by atoms with Crippen LogP contribution in [0, 0.1) is 0 Å². The molecule has 5 heteroatoms. The number of guanidine groups is 1. The molecule has 22 heavy (non-hydrogen) atoms. The van der Waals surface area contributed by atoms with Gasteiger partial charge in [0, 0.05) is 20.1 Å². The van der Waals surface area contributed by atoms with Gasteiger partial charge in [0.05, 0.1) is 13.2 Å². The Kier molecular flexibility index (Phi) is 6.52. The van der Waals surface area contributed by atoms with Crippen LogP contribution in [-0.2, 0) is 0 Å². The number of hydrogen-bond donors (Lipinski definition) is 2. The van der Waals surface area contributed by atoms with E-state index in [1.807, 2.05) is 19.2 Å². The molecule has 2 N–H and O–H groups in total. The Hall–Kier alpha value is -1.75. The van der Waals surface area contributed by atoms with Gasteiger partial charge in [-0.2, -0.15) is 0 Å². The SMILES string of the molecule is CCNC(=NC)NCC(c1ccc(OC)cc1)N1CCCC1. The van der Waals surface area contributed by atoms with Crippen LogP contribution in [0.1, 0.15) is 31.4 Å². The normalized spacial score (nSPS) is 17.3. The minimum absolute atomic E-state index is 0.365. The zero-order chi connectivity index (χ0) is 15.8. The highest BCUT2D eigenvalue weighted by Crippen LogP contribution is 2.26. The van der Waals surface area contributed by atoms with Crippen molar-refractivity contribution in [1.29, 1.82) is 0 Å². The second-order valence-electron chi connectivity index (χ2n) is 5.52. The van der Waals surface area contributed by atoms with Crippen LogP contribution in [0.4, 0.5) is 0 Å². The number of rotatable bonds is 6. The highest BCUT2D eigenvalue weighted by molar-refractivity contribution is 5.79. The first-order valence-corrected chi connectivity index (χ1v) is 8.11. The summed E-state index contributed by atoms with van der Waals surface area (Å²) in [6.07, 6.45) is 2.57. The lowest BCUT2D eigenvalue weighted by molar-refractivity contribution is 0.245. The van der Waals surface area contributed by atoms with Gasteiger partial charge < -0.3 is 15.4 Å². The van der Waals surface area contributed by atoms with E-state index in [9.17, 15) is 0 Å². The number of likely N-dealkylation sites (tertiary alicyclic amines) is 1. The molecule has 5 nitrogen and oxygen atoms in total. The summed E-state index contributed by atoms with van der Waals surface area (Å²) in [4.78, 5) is 6.80. The van der Waals surface area contributed by atoms with Crippen LogP contribution in [0.15, 0.2) is 29.3 Å². The first kappa shape index (κ1) is 16.6. The summed E-state index contributed by atoms with van der Waals surface area (Å²) in [5.41, 5.74) is 1.32. The lowest BCUT2D eigenvalue weighted by atomic mass is 10.1. The highest BCUT2D eigenvalue weighted by Gasteiger charge is 2.23. The van der Waals surface area contributed by atoms with Crippen molar-refractivity contribution in [3.8, 4) is 5.75 Å². The summed E-state index contributed by atoms with van der Waals surface area (Å²) >= 11 is 0. The van der Waals surface area contributed by atoms with Crippen molar-refractivity contribution in [3.63, 3.8) is 0 Å². The van der Waals surface area contributed by atoms with Gasteiger partial charge in [0.15, 0.2) is 5.96 Å². The van der Waals surface area contributed by atoms with Gasteiger partial charge in [-0.3, -0.25) is 9.89 Å². The van der Waals surface area contributed by atoms with E-state index in [1.54, 1.807) is 7.11 Å². The van der Waals surface area contributed by atoms with Crippen molar-refractivity contribution in [2.45, 2.75) is 25.8 Å². The molecule has 1 saturated heterocycles. The van der Waals surface area contributed by atoms with Crippen LogP contribution in [-0.4, -0.2) is 51.2 Å². The van der Waals surface area contributed by atoms with Crippen LogP contribution in [0.25, 0.3) is 0 Å². The van der Waals surface area contributed by atoms with Gasteiger partial charge in [-0.05, 0) is 50.6 Å². The van der Waals surface area contributed by atoms with E-state index in [1.165, 1.54) is 18.4 Å². The Morgan fingerprint density at radius 3 is 2.45 bits per heavy atom. The van der Waals surface area contributed by atoms with Gasteiger partial charge in [-0.25, -0.2) is 0 Å². The molecule has 0 bridgehead atoms. The molecule has 1 aromatic carbocycles. The second-order valence-corrected chi connectivity index (χ2v) is 5.52. The third kappa shape index (κ3) is 4.37. The predicted octanol–water partition coefficient (Wildman–Crippen LogP) is 2.02. The fourth-order valence-electron chi connectivity index (χ4n) is 2.92. The molecule has 1 aliphatic rings. The summed E-state index contributed by atoms with van der Waals surface area (Å²) < 4.78 is 5.26. The van der Waals surface area contributed by atoms with E-state index in [0.717, 1.165) is 37.9 Å². The van der Waals surface area contributed by atoms with Crippen molar-refractivity contribution >= 4 is 5.96 Å². The third-order valence-electron chi connectivity index (χ3n) is 4.11. The molecule has 0 aliphatic carbocycles. The maximum atomic E-state index is 5.26.